The number of amides is 1. The van der Waals surface area contributed by atoms with Gasteiger partial charge in [0.05, 0.1) is 6.54 Å². The second kappa shape index (κ2) is 8.60. The van der Waals surface area contributed by atoms with E-state index in [1.165, 1.54) is 38.4 Å². The average Bonchev–Trinajstić information content (AvgIpc) is 3.19. The average molecular weight is 342 g/mol. The van der Waals surface area contributed by atoms with Gasteiger partial charge in [0.15, 0.2) is 0 Å². The highest BCUT2D eigenvalue weighted by Crippen LogP contribution is 2.26. The second-order valence-corrected chi connectivity index (χ2v) is 6.57. The third-order valence-electron chi connectivity index (χ3n) is 4.83. The van der Waals surface area contributed by atoms with Gasteiger partial charge in [0.2, 0.25) is 5.91 Å². The minimum Gasteiger partial charge on any atom is -0.356 e. The number of nitrogens with one attached hydrogen (secondary N) is 1. The summed E-state index contributed by atoms with van der Waals surface area (Å²) in [5, 5.41) is 7.00. The second-order valence-electron chi connectivity index (χ2n) is 6.57. The lowest BCUT2D eigenvalue weighted by atomic mass is 9.94. The predicted molar refractivity (Wildman–Crippen MR) is 96.0 cm³/mol. The number of nitrogens with zero attached hydrogens (tertiary/aromatic N) is 5. The molecule has 1 aliphatic rings. The number of pyridine rings is 1. The van der Waals surface area contributed by atoms with E-state index in [0.717, 1.165) is 11.4 Å². The van der Waals surface area contributed by atoms with E-state index < -0.39 is 0 Å². The van der Waals surface area contributed by atoms with Crippen molar-refractivity contribution in [1.82, 2.24) is 25.1 Å². The van der Waals surface area contributed by atoms with Gasteiger partial charge in [-0.05, 0) is 18.9 Å². The first-order valence-electron chi connectivity index (χ1n) is 9.00. The number of hydrogen-bond donors (Lipinski definition) is 1. The molecule has 0 atom stereocenters. The number of hydrogen-bond acceptors (Lipinski definition) is 5. The standard InChI is InChI=1S/C18H26N6O/c1-23(16-7-3-2-4-8-16)18-15(6-5-10-20-18)12-21-17(25)9-11-24-14-19-13-22-24/h5-6,10,13-14,16H,2-4,7-9,11-12H2,1H3,(H,21,25). The lowest BCUT2D eigenvalue weighted by Gasteiger charge is -2.33. The highest BCUT2D eigenvalue weighted by atomic mass is 16.1. The molecule has 1 fully saturated rings. The molecule has 1 saturated carbocycles. The van der Waals surface area contributed by atoms with Gasteiger partial charge in [-0.3, -0.25) is 9.48 Å². The van der Waals surface area contributed by atoms with E-state index in [9.17, 15) is 4.79 Å². The Morgan fingerprint density at radius 3 is 2.96 bits per heavy atom. The van der Waals surface area contributed by atoms with E-state index >= 15 is 0 Å². The van der Waals surface area contributed by atoms with Crippen LogP contribution in [0.15, 0.2) is 31.0 Å². The fourth-order valence-electron chi connectivity index (χ4n) is 3.37. The van der Waals surface area contributed by atoms with Gasteiger partial charge in [-0.2, -0.15) is 5.10 Å². The number of anilines is 1. The van der Waals surface area contributed by atoms with Crippen LogP contribution in [0.25, 0.3) is 0 Å². The molecule has 0 bridgehead atoms. The first-order valence-corrected chi connectivity index (χ1v) is 9.00. The van der Waals surface area contributed by atoms with Crippen molar-refractivity contribution in [3.8, 4) is 0 Å². The minimum atomic E-state index is 0.00521. The van der Waals surface area contributed by atoms with Gasteiger partial charge in [-0.25, -0.2) is 9.97 Å². The maximum atomic E-state index is 12.1. The Morgan fingerprint density at radius 2 is 2.20 bits per heavy atom. The molecule has 2 aromatic rings. The Bertz CT molecular complexity index is 666. The maximum Gasteiger partial charge on any atom is 0.222 e. The zero-order chi connectivity index (χ0) is 17.5. The summed E-state index contributed by atoms with van der Waals surface area (Å²) in [4.78, 5) is 22.8. The van der Waals surface area contributed by atoms with Crippen molar-refractivity contribution < 1.29 is 4.79 Å². The van der Waals surface area contributed by atoms with Crippen LogP contribution in [0.5, 0.6) is 0 Å². The molecule has 0 spiro atoms. The number of carbonyl (C=O) groups is 1. The van der Waals surface area contributed by atoms with Gasteiger partial charge in [0.1, 0.15) is 18.5 Å². The van der Waals surface area contributed by atoms with Crippen molar-refractivity contribution >= 4 is 11.7 Å². The first-order chi connectivity index (χ1) is 12.2. The third-order valence-corrected chi connectivity index (χ3v) is 4.83. The fourth-order valence-corrected chi connectivity index (χ4v) is 3.37. The summed E-state index contributed by atoms with van der Waals surface area (Å²) in [5.74, 6) is 0.983. The molecule has 3 rings (SSSR count). The van der Waals surface area contributed by atoms with Crippen molar-refractivity contribution in [2.75, 3.05) is 11.9 Å². The van der Waals surface area contributed by atoms with Gasteiger partial charge in [-0.1, -0.05) is 25.3 Å². The molecular weight excluding hydrogens is 316 g/mol. The Labute approximate surface area is 148 Å². The summed E-state index contributed by atoms with van der Waals surface area (Å²) in [6, 6.07) is 4.51. The number of aromatic nitrogens is 4. The largest absolute Gasteiger partial charge is 0.356 e. The number of carbonyl (C=O) groups excluding carboxylic acids is 1. The molecule has 0 radical (unpaired) electrons. The zero-order valence-corrected chi connectivity index (χ0v) is 14.8. The molecule has 0 aromatic carbocycles. The summed E-state index contributed by atoms with van der Waals surface area (Å²) in [7, 11) is 2.12. The number of rotatable bonds is 7. The lowest BCUT2D eigenvalue weighted by molar-refractivity contribution is -0.121. The molecule has 1 aliphatic carbocycles. The van der Waals surface area contributed by atoms with Crippen LogP contribution in [0.4, 0.5) is 5.82 Å². The van der Waals surface area contributed by atoms with Crippen LogP contribution in [-0.2, 0) is 17.9 Å². The van der Waals surface area contributed by atoms with E-state index in [0.29, 0.717) is 25.6 Å². The van der Waals surface area contributed by atoms with Crippen LogP contribution in [-0.4, -0.2) is 38.7 Å². The summed E-state index contributed by atoms with van der Waals surface area (Å²) in [5.41, 5.74) is 1.06. The van der Waals surface area contributed by atoms with Crippen LogP contribution in [0, 0.1) is 0 Å². The van der Waals surface area contributed by atoms with Crippen LogP contribution < -0.4 is 10.2 Å². The van der Waals surface area contributed by atoms with Crippen LogP contribution >= 0.6 is 0 Å². The zero-order valence-electron chi connectivity index (χ0n) is 14.8. The summed E-state index contributed by atoms with van der Waals surface area (Å²) >= 11 is 0. The molecule has 2 aromatic heterocycles. The summed E-state index contributed by atoms with van der Waals surface area (Å²) < 4.78 is 1.66. The lowest BCUT2D eigenvalue weighted by Crippen LogP contribution is -2.35. The SMILES string of the molecule is CN(c1ncccc1CNC(=O)CCn1cncn1)C1CCCCC1. The Morgan fingerprint density at radius 1 is 1.36 bits per heavy atom. The van der Waals surface area contributed by atoms with E-state index in [-0.39, 0.29) is 5.91 Å². The molecule has 0 saturated heterocycles. The molecule has 7 heteroatoms. The Kier molecular flexibility index (Phi) is 5.98. The molecule has 134 valence electrons. The topological polar surface area (TPSA) is 75.9 Å². The van der Waals surface area contributed by atoms with E-state index in [1.54, 1.807) is 11.0 Å². The van der Waals surface area contributed by atoms with Gasteiger partial charge in [0, 0.05) is 37.8 Å². The monoisotopic (exact) mass is 342 g/mol. The fraction of sp³-hybridized carbons (Fsp3) is 0.556. The minimum absolute atomic E-state index is 0.00521. The van der Waals surface area contributed by atoms with Gasteiger partial charge < -0.3 is 10.2 Å². The van der Waals surface area contributed by atoms with E-state index in [4.69, 9.17) is 0 Å². The summed E-state index contributed by atoms with van der Waals surface area (Å²) in [6.45, 7) is 1.03. The van der Waals surface area contributed by atoms with Crippen molar-refractivity contribution in [2.24, 2.45) is 0 Å². The Hall–Kier alpha value is -2.44. The van der Waals surface area contributed by atoms with Crippen LogP contribution in [0.3, 0.4) is 0 Å². The van der Waals surface area contributed by atoms with E-state index in [2.05, 4.69) is 32.3 Å². The predicted octanol–water partition coefficient (Wildman–Crippen LogP) is 2.15. The van der Waals surface area contributed by atoms with Crippen LogP contribution in [0.1, 0.15) is 44.1 Å². The molecule has 2 heterocycles. The van der Waals surface area contributed by atoms with Crippen LogP contribution in [0.2, 0.25) is 0 Å². The third kappa shape index (κ3) is 4.78. The van der Waals surface area contributed by atoms with Gasteiger partial charge in [0.25, 0.3) is 0 Å². The van der Waals surface area contributed by atoms with Crippen molar-refractivity contribution in [2.45, 2.75) is 57.7 Å². The molecule has 1 amide bonds. The number of aryl methyl sites for hydroxylation is 1. The normalized spacial score (nSPS) is 15.1. The van der Waals surface area contributed by atoms with Crippen molar-refractivity contribution in [3.63, 3.8) is 0 Å². The molecule has 1 N–H and O–H groups in total. The van der Waals surface area contributed by atoms with Crippen molar-refractivity contribution in [3.05, 3.63) is 36.5 Å². The molecule has 7 nitrogen and oxygen atoms in total. The quantitative estimate of drug-likeness (QED) is 0.834. The van der Waals surface area contributed by atoms with Gasteiger partial charge >= 0.3 is 0 Å². The highest BCUT2D eigenvalue weighted by molar-refractivity contribution is 5.76. The smallest absolute Gasteiger partial charge is 0.222 e. The Balaban J connectivity index is 1.55. The van der Waals surface area contributed by atoms with Crippen molar-refractivity contribution in [1.29, 1.82) is 0 Å². The molecule has 0 aliphatic heterocycles. The molecule has 25 heavy (non-hydrogen) atoms. The first kappa shape index (κ1) is 17.4. The maximum absolute atomic E-state index is 12.1. The van der Waals surface area contributed by atoms with Gasteiger partial charge in [-0.15, -0.1) is 0 Å². The molecule has 0 unspecified atom stereocenters. The van der Waals surface area contributed by atoms with E-state index in [1.807, 2.05) is 18.3 Å². The highest BCUT2D eigenvalue weighted by Gasteiger charge is 2.21. The summed E-state index contributed by atoms with van der Waals surface area (Å²) in [6.07, 6.45) is 11.6. The molecular formula is C18H26N6O.